The lowest BCUT2D eigenvalue weighted by Gasteiger charge is -2.24. The molecule has 1 aromatic rings. The summed E-state index contributed by atoms with van der Waals surface area (Å²) < 4.78 is 7.35. The van der Waals surface area contributed by atoms with E-state index in [-0.39, 0.29) is 6.04 Å². The van der Waals surface area contributed by atoms with Gasteiger partial charge in [-0.2, -0.15) is 5.10 Å². The van der Waals surface area contributed by atoms with Gasteiger partial charge in [-0.1, -0.05) is 26.7 Å². The second-order valence-corrected chi connectivity index (χ2v) is 4.78. The van der Waals surface area contributed by atoms with E-state index in [1.165, 1.54) is 12.8 Å². The molecule has 0 amide bonds. The lowest BCUT2D eigenvalue weighted by Crippen LogP contribution is -2.25. The van der Waals surface area contributed by atoms with Crippen LogP contribution in [0.15, 0.2) is 6.20 Å². The second-order valence-electron chi connectivity index (χ2n) is 4.78. The number of rotatable bonds is 8. The third-order valence-electron chi connectivity index (χ3n) is 3.51. The molecule has 0 aliphatic carbocycles. The SMILES string of the molecule is CCCC(CCC)C(N)c1c(OC)cnn1CC. The highest BCUT2D eigenvalue weighted by Gasteiger charge is 2.25. The number of hydrogen-bond acceptors (Lipinski definition) is 3. The first-order valence-electron chi connectivity index (χ1n) is 7.04. The highest BCUT2D eigenvalue weighted by molar-refractivity contribution is 5.28. The van der Waals surface area contributed by atoms with Crippen molar-refractivity contribution in [2.24, 2.45) is 11.7 Å². The first kappa shape index (κ1) is 15.0. The molecular weight excluding hydrogens is 226 g/mol. The molecule has 0 saturated heterocycles. The summed E-state index contributed by atoms with van der Waals surface area (Å²) in [6.45, 7) is 7.34. The van der Waals surface area contributed by atoms with Gasteiger partial charge in [0, 0.05) is 6.54 Å². The van der Waals surface area contributed by atoms with Gasteiger partial charge in [0.2, 0.25) is 0 Å². The lowest BCUT2D eigenvalue weighted by molar-refractivity contribution is 0.335. The van der Waals surface area contributed by atoms with Crippen LogP contribution in [0.25, 0.3) is 0 Å². The quantitative estimate of drug-likeness (QED) is 0.774. The minimum Gasteiger partial charge on any atom is -0.493 e. The number of nitrogens with zero attached hydrogens (tertiary/aromatic N) is 2. The van der Waals surface area contributed by atoms with Crippen molar-refractivity contribution in [3.63, 3.8) is 0 Å². The van der Waals surface area contributed by atoms with Crippen LogP contribution in [0, 0.1) is 5.92 Å². The molecule has 0 bridgehead atoms. The van der Waals surface area contributed by atoms with E-state index in [0.717, 1.165) is 30.8 Å². The maximum atomic E-state index is 6.47. The molecule has 0 aliphatic heterocycles. The van der Waals surface area contributed by atoms with Crippen LogP contribution >= 0.6 is 0 Å². The zero-order valence-corrected chi connectivity index (χ0v) is 12.1. The van der Waals surface area contributed by atoms with Crippen LogP contribution < -0.4 is 10.5 Å². The average Bonchev–Trinajstić information content (AvgIpc) is 2.80. The minimum atomic E-state index is 0.0160. The van der Waals surface area contributed by atoms with Crippen molar-refractivity contribution < 1.29 is 4.74 Å². The Bertz CT molecular complexity index is 321. The summed E-state index contributed by atoms with van der Waals surface area (Å²) in [5.74, 6) is 1.33. The van der Waals surface area contributed by atoms with Gasteiger partial charge in [0.05, 0.1) is 25.0 Å². The Kier molecular flexibility index (Phi) is 6.19. The van der Waals surface area contributed by atoms with Crippen LogP contribution in [0.1, 0.15) is 58.2 Å². The van der Waals surface area contributed by atoms with Gasteiger partial charge in [-0.25, -0.2) is 0 Å². The summed E-state index contributed by atoms with van der Waals surface area (Å²) >= 11 is 0. The molecule has 1 aromatic heterocycles. The maximum Gasteiger partial charge on any atom is 0.161 e. The Morgan fingerprint density at radius 3 is 2.33 bits per heavy atom. The molecule has 0 saturated carbocycles. The standard InChI is InChI=1S/C14H27N3O/c1-5-8-11(9-6-2)13(15)14-12(18-4)10-16-17(14)7-3/h10-11,13H,5-9,15H2,1-4H3. The van der Waals surface area contributed by atoms with E-state index >= 15 is 0 Å². The number of ether oxygens (including phenoxy) is 1. The van der Waals surface area contributed by atoms with Crippen LogP contribution in [0.2, 0.25) is 0 Å². The van der Waals surface area contributed by atoms with Crippen molar-refractivity contribution >= 4 is 0 Å². The summed E-state index contributed by atoms with van der Waals surface area (Å²) in [6.07, 6.45) is 6.43. The highest BCUT2D eigenvalue weighted by atomic mass is 16.5. The maximum absolute atomic E-state index is 6.47. The van der Waals surface area contributed by atoms with Crippen molar-refractivity contribution in [3.05, 3.63) is 11.9 Å². The molecule has 0 fully saturated rings. The molecule has 0 aliphatic rings. The first-order chi connectivity index (χ1) is 8.69. The van der Waals surface area contributed by atoms with E-state index in [4.69, 9.17) is 10.5 Å². The molecule has 1 heterocycles. The highest BCUT2D eigenvalue weighted by Crippen LogP contribution is 2.32. The Morgan fingerprint density at radius 2 is 1.89 bits per heavy atom. The number of nitrogens with two attached hydrogens (primary N) is 1. The van der Waals surface area contributed by atoms with Crippen molar-refractivity contribution in [1.29, 1.82) is 0 Å². The first-order valence-corrected chi connectivity index (χ1v) is 7.04. The van der Waals surface area contributed by atoms with Gasteiger partial charge >= 0.3 is 0 Å². The molecule has 0 spiro atoms. The van der Waals surface area contributed by atoms with Crippen molar-refractivity contribution in [1.82, 2.24) is 9.78 Å². The molecule has 18 heavy (non-hydrogen) atoms. The van der Waals surface area contributed by atoms with Crippen molar-refractivity contribution in [3.8, 4) is 5.75 Å². The summed E-state index contributed by atoms with van der Waals surface area (Å²) in [4.78, 5) is 0. The molecule has 2 N–H and O–H groups in total. The smallest absolute Gasteiger partial charge is 0.161 e. The van der Waals surface area contributed by atoms with E-state index in [1.54, 1.807) is 13.3 Å². The lowest BCUT2D eigenvalue weighted by atomic mass is 9.89. The van der Waals surface area contributed by atoms with E-state index in [2.05, 4.69) is 25.9 Å². The van der Waals surface area contributed by atoms with E-state index in [9.17, 15) is 0 Å². The predicted molar refractivity (Wildman–Crippen MR) is 74.7 cm³/mol. The number of hydrogen-bond donors (Lipinski definition) is 1. The van der Waals surface area contributed by atoms with Gasteiger partial charge in [-0.3, -0.25) is 4.68 Å². The molecule has 0 radical (unpaired) electrons. The van der Waals surface area contributed by atoms with Gasteiger partial charge in [-0.05, 0) is 25.7 Å². The van der Waals surface area contributed by atoms with Crippen LogP contribution in [0.5, 0.6) is 5.75 Å². The fourth-order valence-electron chi connectivity index (χ4n) is 2.59. The van der Waals surface area contributed by atoms with Crippen LogP contribution in [-0.4, -0.2) is 16.9 Å². The number of aromatic nitrogens is 2. The molecule has 0 aromatic carbocycles. The number of methoxy groups -OCH3 is 1. The third kappa shape index (κ3) is 3.25. The Morgan fingerprint density at radius 1 is 1.28 bits per heavy atom. The fraction of sp³-hybridized carbons (Fsp3) is 0.786. The summed E-state index contributed by atoms with van der Waals surface area (Å²) in [7, 11) is 1.68. The van der Waals surface area contributed by atoms with Crippen LogP contribution in [0.4, 0.5) is 0 Å². The normalized spacial score (nSPS) is 13.0. The summed E-state index contributed by atoms with van der Waals surface area (Å²) in [6, 6.07) is 0.0160. The second kappa shape index (κ2) is 7.41. The largest absolute Gasteiger partial charge is 0.493 e. The van der Waals surface area contributed by atoms with Crippen LogP contribution in [-0.2, 0) is 6.54 Å². The topological polar surface area (TPSA) is 53.1 Å². The average molecular weight is 253 g/mol. The Hall–Kier alpha value is -1.03. The van der Waals surface area contributed by atoms with Gasteiger partial charge < -0.3 is 10.5 Å². The molecule has 1 atom stereocenters. The zero-order valence-electron chi connectivity index (χ0n) is 12.1. The van der Waals surface area contributed by atoms with Crippen molar-refractivity contribution in [2.45, 2.75) is 59.0 Å². The Labute approximate surface area is 111 Å². The van der Waals surface area contributed by atoms with E-state index < -0.39 is 0 Å². The fourth-order valence-corrected chi connectivity index (χ4v) is 2.59. The number of aryl methyl sites for hydroxylation is 1. The minimum absolute atomic E-state index is 0.0160. The molecule has 4 heteroatoms. The van der Waals surface area contributed by atoms with E-state index in [1.807, 2.05) is 4.68 Å². The molecule has 4 nitrogen and oxygen atoms in total. The monoisotopic (exact) mass is 253 g/mol. The molecule has 104 valence electrons. The molecule has 1 rings (SSSR count). The molecular formula is C14H27N3O. The van der Waals surface area contributed by atoms with E-state index in [0.29, 0.717) is 5.92 Å². The van der Waals surface area contributed by atoms with Gasteiger partial charge in [0.1, 0.15) is 0 Å². The van der Waals surface area contributed by atoms with Crippen LogP contribution in [0.3, 0.4) is 0 Å². The van der Waals surface area contributed by atoms with Crippen molar-refractivity contribution in [2.75, 3.05) is 7.11 Å². The summed E-state index contributed by atoms with van der Waals surface area (Å²) in [5.41, 5.74) is 7.52. The zero-order chi connectivity index (χ0) is 13.5. The third-order valence-corrected chi connectivity index (χ3v) is 3.51. The van der Waals surface area contributed by atoms with Gasteiger partial charge in [0.25, 0.3) is 0 Å². The van der Waals surface area contributed by atoms with Gasteiger partial charge in [0.15, 0.2) is 5.75 Å². The van der Waals surface area contributed by atoms with Gasteiger partial charge in [-0.15, -0.1) is 0 Å². The summed E-state index contributed by atoms with van der Waals surface area (Å²) in [5, 5.41) is 4.34. The Balaban J connectivity index is 2.97. The molecule has 1 unspecified atom stereocenters. The predicted octanol–water partition coefficient (Wildman–Crippen LogP) is 3.13.